The molecule has 1 amide bonds. The molecule has 1 aliphatic heterocycles. The lowest BCUT2D eigenvalue weighted by atomic mass is 9.85. The predicted molar refractivity (Wildman–Crippen MR) is 80.6 cm³/mol. The van der Waals surface area contributed by atoms with Crippen LogP contribution in [-0.4, -0.2) is 40.6 Å². The highest BCUT2D eigenvalue weighted by molar-refractivity contribution is 5.85. The quantitative estimate of drug-likeness (QED) is 0.927. The van der Waals surface area contributed by atoms with Crippen LogP contribution in [0.1, 0.15) is 32.1 Å². The number of ether oxygens (including phenoxy) is 1. The molecular weight excluding hydrogens is 282 g/mol. The summed E-state index contributed by atoms with van der Waals surface area (Å²) in [7, 11) is 0. The number of aliphatic carboxylic acids is 1. The molecule has 3 atom stereocenters. The Balaban J connectivity index is 1.69. The molecule has 5 nitrogen and oxygen atoms in total. The summed E-state index contributed by atoms with van der Waals surface area (Å²) in [4.78, 5) is 25.6. The molecule has 5 heteroatoms. The molecule has 1 heterocycles. The van der Waals surface area contributed by atoms with Crippen LogP contribution in [0, 0.1) is 5.92 Å². The van der Waals surface area contributed by atoms with Crippen molar-refractivity contribution in [2.45, 2.75) is 44.2 Å². The Labute approximate surface area is 129 Å². The van der Waals surface area contributed by atoms with E-state index in [4.69, 9.17) is 4.74 Å². The Morgan fingerprint density at radius 1 is 1.18 bits per heavy atom. The highest BCUT2D eigenvalue weighted by Gasteiger charge is 2.47. The van der Waals surface area contributed by atoms with Crippen LogP contribution in [-0.2, 0) is 9.59 Å². The summed E-state index contributed by atoms with van der Waals surface area (Å²) in [6.07, 6.45) is 4.72. The zero-order valence-corrected chi connectivity index (χ0v) is 12.5. The maximum Gasteiger partial charge on any atom is 0.326 e. The Morgan fingerprint density at radius 2 is 1.91 bits per heavy atom. The van der Waals surface area contributed by atoms with Gasteiger partial charge < -0.3 is 14.7 Å². The minimum absolute atomic E-state index is 0.0710. The zero-order chi connectivity index (χ0) is 15.5. The van der Waals surface area contributed by atoms with Crippen molar-refractivity contribution < 1.29 is 19.4 Å². The third-order valence-electron chi connectivity index (χ3n) is 4.77. The van der Waals surface area contributed by atoms with E-state index in [1.807, 2.05) is 18.2 Å². The van der Waals surface area contributed by atoms with Crippen LogP contribution in [0.15, 0.2) is 30.3 Å². The summed E-state index contributed by atoms with van der Waals surface area (Å²) >= 11 is 0. The van der Waals surface area contributed by atoms with Crippen molar-refractivity contribution in [3.8, 4) is 5.75 Å². The number of nitrogens with zero attached hydrogens (tertiary/aromatic N) is 1. The second kappa shape index (κ2) is 6.38. The Hall–Kier alpha value is -2.04. The third-order valence-corrected chi connectivity index (χ3v) is 4.77. The molecule has 0 radical (unpaired) electrons. The van der Waals surface area contributed by atoms with E-state index < -0.39 is 12.0 Å². The molecule has 1 aromatic rings. The monoisotopic (exact) mass is 303 g/mol. The van der Waals surface area contributed by atoms with E-state index in [1.165, 1.54) is 0 Å². The van der Waals surface area contributed by atoms with Gasteiger partial charge in [-0.15, -0.1) is 0 Å². The van der Waals surface area contributed by atoms with Crippen molar-refractivity contribution in [3.63, 3.8) is 0 Å². The Morgan fingerprint density at radius 3 is 2.64 bits per heavy atom. The number of para-hydroxylation sites is 1. The number of carbonyl (C=O) groups is 2. The minimum Gasteiger partial charge on any atom is -0.484 e. The van der Waals surface area contributed by atoms with E-state index >= 15 is 0 Å². The summed E-state index contributed by atoms with van der Waals surface area (Å²) < 4.78 is 5.50. The summed E-state index contributed by atoms with van der Waals surface area (Å²) in [5, 5.41) is 9.43. The molecule has 1 saturated heterocycles. The van der Waals surface area contributed by atoms with Crippen LogP contribution < -0.4 is 4.74 Å². The third kappa shape index (κ3) is 2.93. The number of fused-ring (bicyclic) bond motifs is 1. The van der Waals surface area contributed by atoms with Gasteiger partial charge in [0.15, 0.2) is 6.61 Å². The first kappa shape index (κ1) is 14.9. The molecule has 2 aliphatic rings. The van der Waals surface area contributed by atoms with Crippen molar-refractivity contribution in [2.75, 3.05) is 6.61 Å². The van der Waals surface area contributed by atoms with Gasteiger partial charge in [-0.25, -0.2) is 4.79 Å². The lowest BCUT2D eigenvalue weighted by Gasteiger charge is -2.32. The number of hydrogen-bond donors (Lipinski definition) is 1. The van der Waals surface area contributed by atoms with Crippen LogP contribution in [0.3, 0.4) is 0 Å². The van der Waals surface area contributed by atoms with Gasteiger partial charge in [0.25, 0.3) is 5.91 Å². The topological polar surface area (TPSA) is 66.8 Å². The van der Waals surface area contributed by atoms with Crippen LogP contribution in [0.5, 0.6) is 5.75 Å². The molecule has 1 saturated carbocycles. The summed E-state index contributed by atoms with van der Waals surface area (Å²) in [6.45, 7) is -0.100. The van der Waals surface area contributed by atoms with E-state index in [2.05, 4.69) is 0 Å². The Kier molecular flexibility index (Phi) is 4.32. The van der Waals surface area contributed by atoms with Gasteiger partial charge in [0.1, 0.15) is 11.8 Å². The SMILES string of the molecule is O=C(O)[C@@H]1C[C@H]2CCCC[C@H]2N1C(=O)COc1ccccc1. The van der Waals surface area contributed by atoms with Gasteiger partial charge in [0, 0.05) is 6.04 Å². The first-order chi connectivity index (χ1) is 10.7. The lowest BCUT2D eigenvalue weighted by Crippen LogP contribution is -2.48. The highest BCUT2D eigenvalue weighted by atomic mass is 16.5. The number of benzene rings is 1. The summed E-state index contributed by atoms with van der Waals surface area (Å²) in [5.74, 6) is -0.161. The molecule has 1 aromatic carbocycles. The van der Waals surface area contributed by atoms with Gasteiger partial charge in [-0.05, 0) is 37.3 Å². The maximum atomic E-state index is 12.5. The van der Waals surface area contributed by atoms with Gasteiger partial charge >= 0.3 is 5.97 Å². The van der Waals surface area contributed by atoms with Crippen molar-refractivity contribution in [1.82, 2.24) is 4.90 Å². The standard InChI is InChI=1S/C17H21NO4/c19-16(11-22-13-7-2-1-3-8-13)18-14-9-5-4-6-12(14)10-15(18)17(20)21/h1-3,7-8,12,14-15H,4-6,9-11H2,(H,20,21)/t12-,14-,15+/m1/s1. The van der Waals surface area contributed by atoms with Crippen molar-refractivity contribution in [3.05, 3.63) is 30.3 Å². The molecule has 0 bridgehead atoms. The fourth-order valence-corrected chi connectivity index (χ4v) is 3.78. The number of hydrogen-bond acceptors (Lipinski definition) is 3. The number of amides is 1. The van der Waals surface area contributed by atoms with Gasteiger partial charge in [-0.3, -0.25) is 4.79 Å². The molecule has 0 spiro atoms. The molecular formula is C17H21NO4. The van der Waals surface area contributed by atoms with Crippen LogP contribution in [0.25, 0.3) is 0 Å². The average Bonchev–Trinajstić information content (AvgIpc) is 2.93. The fraction of sp³-hybridized carbons (Fsp3) is 0.529. The smallest absolute Gasteiger partial charge is 0.326 e. The number of carboxylic acids is 1. The van der Waals surface area contributed by atoms with Crippen LogP contribution >= 0.6 is 0 Å². The number of carbonyl (C=O) groups excluding carboxylic acids is 1. The predicted octanol–water partition coefficient (Wildman–Crippen LogP) is 2.31. The first-order valence-electron chi connectivity index (χ1n) is 7.88. The zero-order valence-electron chi connectivity index (χ0n) is 12.5. The fourth-order valence-electron chi connectivity index (χ4n) is 3.78. The molecule has 1 N–H and O–H groups in total. The highest BCUT2D eigenvalue weighted by Crippen LogP contribution is 2.39. The molecule has 22 heavy (non-hydrogen) atoms. The van der Waals surface area contributed by atoms with Gasteiger partial charge in [0.05, 0.1) is 0 Å². The van der Waals surface area contributed by atoms with Gasteiger partial charge in [-0.2, -0.15) is 0 Å². The van der Waals surface area contributed by atoms with Gasteiger partial charge in [0.2, 0.25) is 0 Å². The molecule has 1 aliphatic carbocycles. The van der Waals surface area contributed by atoms with Crippen molar-refractivity contribution >= 4 is 11.9 Å². The van der Waals surface area contributed by atoms with E-state index in [-0.39, 0.29) is 18.6 Å². The van der Waals surface area contributed by atoms with E-state index in [0.717, 1.165) is 25.7 Å². The lowest BCUT2D eigenvalue weighted by molar-refractivity contribution is -0.150. The molecule has 3 rings (SSSR count). The molecule has 0 unspecified atom stereocenters. The normalized spacial score (nSPS) is 27.3. The summed E-state index contributed by atoms with van der Waals surface area (Å²) in [6, 6.07) is 8.51. The number of rotatable bonds is 4. The van der Waals surface area contributed by atoms with Crippen molar-refractivity contribution in [1.29, 1.82) is 0 Å². The molecule has 118 valence electrons. The number of likely N-dealkylation sites (tertiary alicyclic amines) is 1. The van der Waals surface area contributed by atoms with E-state index in [0.29, 0.717) is 18.1 Å². The maximum absolute atomic E-state index is 12.5. The first-order valence-corrected chi connectivity index (χ1v) is 7.88. The second-order valence-electron chi connectivity index (χ2n) is 6.10. The van der Waals surface area contributed by atoms with E-state index in [9.17, 15) is 14.7 Å². The summed E-state index contributed by atoms with van der Waals surface area (Å²) in [5.41, 5.74) is 0. The Bertz CT molecular complexity index is 545. The van der Waals surface area contributed by atoms with Gasteiger partial charge in [-0.1, -0.05) is 31.0 Å². The molecule has 0 aromatic heterocycles. The van der Waals surface area contributed by atoms with E-state index in [1.54, 1.807) is 17.0 Å². The average molecular weight is 303 g/mol. The van der Waals surface area contributed by atoms with Crippen LogP contribution in [0.4, 0.5) is 0 Å². The second-order valence-corrected chi connectivity index (χ2v) is 6.10. The number of carboxylic acid groups (broad SMARTS) is 1. The largest absolute Gasteiger partial charge is 0.484 e. The van der Waals surface area contributed by atoms with Crippen molar-refractivity contribution in [2.24, 2.45) is 5.92 Å². The van der Waals surface area contributed by atoms with Crippen LogP contribution in [0.2, 0.25) is 0 Å². The minimum atomic E-state index is -0.900. The molecule has 2 fully saturated rings.